The number of nitrogens with zero attached hydrogens (tertiary/aromatic N) is 5. The van der Waals surface area contributed by atoms with Crippen LogP contribution in [0.2, 0.25) is 0 Å². The second kappa shape index (κ2) is 3.57. The second-order valence-corrected chi connectivity index (χ2v) is 3.37. The predicted octanol–water partition coefficient (Wildman–Crippen LogP) is 0.568. The molecule has 0 atom stereocenters. The minimum absolute atomic E-state index is 0.406. The molecule has 6 heteroatoms. The Hall–Kier alpha value is -1.72. The van der Waals surface area contributed by atoms with Gasteiger partial charge in [0.15, 0.2) is 5.82 Å². The number of tetrazole rings is 1. The standard InChI is InChI=1S/C8H12N6/c1-6(2)14-4-3-9-8(14)5-7-10-12-13-11-7/h3-4,6H,5H2,1-2H3,(H,10,11,12,13). The molecule has 0 amide bonds. The molecule has 14 heavy (non-hydrogen) atoms. The van der Waals surface area contributed by atoms with E-state index in [-0.39, 0.29) is 0 Å². The van der Waals surface area contributed by atoms with Crippen LogP contribution >= 0.6 is 0 Å². The van der Waals surface area contributed by atoms with Gasteiger partial charge in [-0.25, -0.2) is 10.1 Å². The highest BCUT2D eigenvalue weighted by Gasteiger charge is 2.08. The van der Waals surface area contributed by atoms with Gasteiger partial charge in [-0.1, -0.05) is 0 Å². The van der Waals surface area contributed by atoms with E-state index in [0.717, 1.165) is 11.6 Å². The van der Waals surface area contributed by atoms with Gasteiger partial charge in [-0.05, 0) is 24.3 Å². The van der Waals surface area contributed by atoms with Crippen molar-refractivity contribution in [2.24, 2.45) is 0 Å². The van der Waals surface area contributed by atoms with Crippen molar-refractivity contribution in [3.63, 3.8) is 0 Å². The number of H-pyrrole nitrogens is 1. The van der Waals surface area contributed by atoms with Crippen LogP contribution in [0.5, 0.6) is 0 Å². The first-order chi connectivity index (χ1) is 6.77. The van der Waals surface area contributed by atoms with Crippen molar-refractivity contribution in [1.82, 2.24) is 30.2 Å². The van der Waals surface area contributed by atoms with Gasteiger partial charge in [0.2, 0.25) is 0 Å². The number of hydrogen-bond acceptors (Lipinski definition) is 4. The van der Waals surface area contributed by atoms with Crippen molar-refractivity contribution in [3.05, 3.63) is 24.0 Å². The van der Waals surface area contributed by atoms with Gasteiger partial charge in [0.1, 0.15) is 5.82 Å². The molecule has 0 aliphatic rings. The quantitative estimate of drug-likeness (QED) is 0.771. The molecule has 0 saturated carbocycles. The maximum Gasteiger partial charge on any atom is 0.156 e. The third-order valence-corrected chi connectivity index (χ3v) is 2.02. The SMILES string of the molecule is CC(C)n1ccnc1Cc1nnn[nH]1. The van der Waals surface area contributed by atoms with Crippen LogP contribution in [-0.2, 0) is 6.42 Å². The highest BCUT2D eigenvalue weighted by atomic mass is 15.5. The first-order valence-electron chi connectivity index (χ1n) is 4.51. The molecule has 1 N–H and O–H groups in total. The molecule has 2 aromatic heterocycles. The third-order valence-electron chi connectivity index (χ3n) is 2.02. The summed E-state index contributed by atoms with van der Waals surface area (Å²) in [4.78, 5) is 4.26. The van der Waals surface area contributed by atoms with E-state index in [1.165, 1.54) is 0 Å². The highest BCUT2D eigenvalue weighted by molar-refractivity contribution is 5.01. The summed E-state index contributed by atoms with van der Waals surface area (Å²) in [6.07, 6.45) is 4.39. The van der Waals surface area contributed by atoms with E-state index in [1.807, 2.05) is 6.20 Å². The van der Waals surface area contributed by atoms with Crippen molar-refractivity contribution in [2.75, 3.05) is 0 Å². The number of hydrogen-bond donors (Lipinski definition) is 1. The normalized spacial score (nSPS) is 11.1. The lowest BCUT2D eigenvalue weighted by Crippen LogP contribution is -2.06. The Kier molecular flexibility index (Phi) is 2.26. The number of imidazole rings is 1. The second-order valence-electron chi connectivity index (χ2n) is 3.37. The average molecular weight is 192 g/mol. The summed E-state index contributed by atoms with van der Waals surface area (Å²) in [6.45, 7) is 4.23. The molecule has 0 aliphatic carbocycles. The summed E-state index contributed by atoms with van der Waals surface area (Å²) < 4.78 is 2.10. The first-order valence-corrected chi connectivity index (χ1v) is 4.51. The summed E-state index contributed by atoms with van der Waals surface area (Å²) in [5.41, 5.74) is 0. The monoisotopic (exact) mass is 192 g/mol. The van der Waals surface area contributed by atoms with Crippen LogP contribution in [-0.4, -0.2) is 30.2 Å². The summed E-state index contributed by atoms with van der Waals surface area (Å²) in [6, 6.07) is 0.406. The Morgan fingerprint density at radius 3 is 3.00 bits per heavy atom. The highest BCUT2D eigenvalue weighted by Crippen LogP contribution is 2.09. The van der Waals surface area contributed by atoms with Crippen molar-refractivity contribution in [3.8, 4) is 0 Å². The molecule has 0 radical (unpaired) electrons. The molecule has 0 bridgehead atoms. The van der Waals surface area contributed by atoms with Gasteiger partial charge >= 0.3 is 0 Å². The fraction of sp³-hybridized carbons (Fsp3) is 0.500. The molecule has 2 heterocycles. The van der Waals surface area contributed by atoms with E-state index in [0.29, 0.717) is 12.5 Å². The van der Waals surface area contributed by atoms with Gasteiger partial charge < -0.3 is 4.57 Å². The van der Waals surface area contributed by atoms with Gasteiger partial charge in [0, 0.05) is 18.4 Å². The first kappa shape index (κ1) is 8.86. The maximum absolute atomic E-state index is 4.26. The minimum atomic E-state index is 0.406. The average Bonchev–Trinajstić information content (AvgIpc) is 2.75. The van der Waals surface area contributed by atoms with E-state index >= 15 is 0 Å². The molecule has 0 saturated heterocycles. The zero-order valence-corrected chi connectivity index (χ0v) is 8.18. The lowest BCUT2D eigenvalue weighted by Gasteiger charge is -2.09. The molecule has 0 fully saturated rings. The predicted molar refractivity (Wildman–Crippen MR) is 49.6 cm³/mol. The van der Waals surface area contributed by atoms with Crippen LogP contribution in [0, 0.1) is 0 Å². The van der Waals surface area contributed by atoms with Gasteiger partial charge in [-0.2, -0.15) is 0 Å². The molecule has 0 unspecified atom stereocenters. The molecule has 0 aromatic carbocycles. The minimum Gasteiger partial charge on any atom is -0.332 e. The van der Waals surface area contributed by atoms with Crippen molar-refractivity contribution in [1.29, 1.82) is 0 Å². The van der Waals surface area contributed by atoms with Crippen LogP contribution in [0.15, 0.2) is 12.4 Å². The van der Waals surface area contributed by atoms with Gasteiger partial charge in [0.05, 0.1) is 6.42 Å². The fourth-order valence-corrected chi connectivity index (χ4v) is 1.35. The lowest BCUT2D eigenvalue weighted by atomic mass is 10.3. The Morgan fingerprint density at radius 1 is 1.50 bits per heavy atom. The molecule has 2 rings (SSSR count). The fourth-order valence-electron chi connectivity index (χ4n) is 1.35. The third kappa shape index (κ3) is 1.63. The van der Waals surface area contributed by atoms with E-state index < -0.39 is 0 Å². The zero-order valence-electron chi connectivity index (χ0n) is 8.18. The largest absolute Gasteiger partial charge is 0.332 e. The van der Waals surface area contributed by atoms with E-state index in [2.05, 4.69) is 44.0 Å². The number of aromatic nitrogens is 6. The Bertz CT molecular complexity index is 388. The smallest absolute Gasteiger partial charge is 0.156 e. The van der Waals surface area contributed by atoms with Crippen molar-refractivity contribution in [2.45, 2.75) is 26.3 Å². The summed E-state index contributed by atoms with van der Waals surface area (Å²) in [5.74, 6) is 1.71. The van der Waals surface area contributed by atoms with Gasteiger partial charge in [0.25, 0.3) is 0 Å². The zero-order chi connectivity index (χ0) is 9.97. The van der Waals surface area contributed by atoms with Crippen LogP contribution in [0.1, 0.15) is 31.5 Å². The summed E-state index contributed by atoms with van der Waals surface area (Å²) in [5, 5.41) is 13.6. The number of rotatable bonds is 3. The maximum atomic E-state index is 4.26. The van der Waals surface area contributed by atoms with Crippen LogP contribution in [0.25, 0.3) is 0 Å². The summed E-state index contributed by atoms with van der Waals surface area (Å²) >= 11 is 0. The molecule has 74 valence electrons. The van der Waals surface area contributed by atoms with E-state index in [1.54, 1.807) is 6.20 Å². The molecule has 6 nitrogen and oxygen atoms in total. The van der Waals surface area contributed by atoms with Crippen LogP contribution < -0.4 is 0 Å². The van der Waals surface area contributed by atoms with Crippen molar-refractivity contribution >= 4 is 0 Å². The Balaban J connectivity index is 2.21. The number of aromatic amines is 1. The molecule has 2 aromatic rings. The molecule has 0 spiro atoms. The molecular formula is C8H12N6. The van der Waals surface area contributed by atoms with Crippen LogP contribution in [0.3, 0.4) is 0 Å². The summed E-state index contributed by atoms with van der Waals surface area (Å²) in [7, 11) is 0. The van der Waals surface area contributed by atoms with E-state index in [4.69, 9.17) is 0 Å². The van der Waals surface area contributed by atoms with Crippen LogP contribution in [0.4, 0.5) is 0 Å². The molecule has 0 aliphatic heterocycles. The van der Waals surface area contributed by atoms with Gasteiger partial charge in [-0.15, -0.1) is 5.10 Å². The van der Waals surface area contributed by atoms with Crippen molar-refractivity contribution < 1.29 is 0 Å². The topological polar surface area (TPSA) is 72.3 Å². The number of nitrogens with one attached hydrogen (secondary N) is 1. The molecular weight excluding hydrogens is 180 g/mol. The van der Waals surface area contributed by atoms with E-state index in [9.17, 15) is 0 Å². The Morgan fingerprint density at radius 2 is 2.36 bits per heavy atom. The Labute approximate surface area is 81.4 Å². The lowest BCUT2D eigenvalue weighted by molar-refractivity contribution is 0.572. The van der Waals surface area contributed by atoms with Gasteiger partial charge in [-0.3, -0.25) is 0 Å².